The number of aryl methyl sites for hydroxylation is 1. The van der Waals surface area contributed by atoms with Crippen molar-refractivity contribution in [3.05, 3.63) is 29.8 Å². The van der Waals surface area contributed by atoms with Crippen LogP contribution in [0.2, 0.25) is 0 Å². The first kappa shape index (κ1) is 8.23. The maximum absolute atomic E-state index is 4.31. The predicted molar refractivity (Wildman–Crippen MR) is 51.8 cm³/mol. The van der Waals surface area contributed by atoms with Crippen molar-refractivity contribution in [3.8, 4) is 0 Å². The van der Waals surface area contributed by atoms with Gasteiger partial charge in [0, 0.05) is 6.20 Å². The van der Waals surface area contributed by atoms with E-state index in [9.17, 15) is 0 Å². The number of hydrogen-bond donors (Lipinski definition) is 0. The summed E-state index contributed by atoms with van der Waals surface area (Å²) in [6, 6.07) is 2.07. The molecule has 0 aliphatic heterocycles. The molecule has 0 saturated heterocycles. The summed E-state index contributed by atoms with van der Waals surface area (Å²) in [5.41, 5.74) is 3.51. The normalized spacial score (nSPS) is 11.4. The number of nitrogens with zero attached hydrogens (tertiary/aromatic N) is 3. The summed E-state index contributed by atoms with van der Waals surface area (Å²) in [5, 5.41) is 4.15. The topological polar surface area (TPSA) is 30.2 Å². The van der Waals surface area contributed by atoms with Crippen molar-refractivity contribution in [3.63, 3.8) is 0 Å². The van der Waals surface area contributed by atoms with Crippen LogP contribution in [0.3, 0.4) is 0 Å². The Hall–Kier alpha value is -1.38. The molecule has 3 nitrogen and oxygen atoms in total. The molecular weight excluding hydrogens is 162 g/mol. The van der Waals surface area contributed by atoms with Crippen molar-refractivity contribution in [2.75, 3.05) is 0 Å². The highest BCUT2D eigenvalue weighted by Crippen LogP contribution is 2.20. The Kier molecular flexibility index (Phi) is 1.79. The minimum absolute atomic E-state index is 0.444. The second kappa shape index (κ2) is 2.83. The van der Waals surface area contributed by atoms with Gasteiger partial charge in [0.2, 0.25) is 0 Å². The van der Waals surface area contributed by atoms with Gasteiger partial charge in [-0.25, -0.2) is 9.50 Å². The van der Waals surface area contributed by atoms with Crippen LogP contribution in [0.4, 0.5) is 0 Å². The van der Waals surface area contributed by atoms with E-state index in [2.05, 4.69) is 36.9 Å². The first-order valence-corrected chi connectivity index (χ1v) is 4.49. The lowest BCUT2D eigenvalue weighted by Gasteiger charge is -2.06. The second-order valence-corrected chi connectivity index (χ2v) is 3.59. The molecule has 0 aliphatic carbocycles. The van der Waals surface area contributed by atoms with E-state index in [0.29, 0.717) is 5.92 Å². The van der Waals surface area contributed by atoms with Crippen LogP contribution in [-0.4, -0.2) is 14.6 Å². The van der Waals surface area contributed by atoms with E-state index in [-0.39, 0.29) is 0 Å². The van der Waals surface area contributed by atoms with Crippen molar-refractivity contribution in [1.29, 1.82) is 0 Å². The highest BCUT2D eigenvalue weighted by molar-refractivity contribution is 5.58. The predicted octanol–water partition coefficient (Wildman–Crippen LogP) is 2.16. The summed E-state index contributed by atoms with van der Waals surface area (Å²) in [4.78, 5) is 4.31. The van der Waals surface area contributed by atoms with Crippen molar-refractivity contribution in [2.24, 2.45) is 0 Å². The zero-order chi connectivity index (χ0) is 9.42. The molecule has 2 aromatic rings. The van der Waals surface area contributed by atoms with E-state index >= 15 is 0 Å². The Morgan fingerprint density at radius 2 is 2.15 bits per heavy atom. The van der Waals surface area contributed by atoms with Gasteiger partial charge in [-0.15, -0.1) is 0 Å². The average molecular weight is 175 g/mol. The standard InChI is InChI=1S/C10H13N3/c1-7(2)9-10-8(3)4-5-13(10)12-6-11-9/h4-7H,1-3H3. The van der Waals surface area contributed by atoms with Crippen LogP contribution in [0, 0.1) is 6.92 Å². The van der Waals surface area contributed by atoms with Gasteiger partial charge < -0.3 is 0 Å². The van der Waals surface area contributed by atoms with Gasteiger partial charge in [0.25, 0.3) is 0 Å². The zero-order valence-corrected chi connectivity index (χ0v) is 8.15. The zero-order valence-electron chi connectivity index (χ0n) is 8.15. The average Bonchev–Trinajstić information content (AvgIpc) is 2.48. The molecule has 68 valence electrons. The Morgan fingerprint density at radius 1 is 1.38 bits per heavy atom. The first-order chi connectivity index (χ1) is 6.20. The van der Waals surface area contributed by atoms with E-state index in [1.54, 1.807) is 6.33 Å². The lowest BCUT2D eigenvalue weighted by atomic mass is 10.1. The first-order valence-electron chi connectivity index (χ1n) is 4.49. The maximum Gasteiger partial charge on any atom is 0.136 e. The molecule has 3 heteroatoms. The van der Waals surface area contributed by atoms with Gasteiger partial charge in [-0.3, -0.25) is 0 Å². The van der Waals surface area contributed by atoms with Crippen LogP contribution >= 0.6 is 0 Å². The lowest BCUT2D eigenvalue weighted by Crippen LogP contribution is -2.00. The quantitative estimate of drug-likeness (QED) is 0.664. The number of rotatable bonds is 1. The molecule has 0 fully saturated rings. The molecule has 0 bridgehead atoms. The van der Waals surface area contributed by atoms with E-state index in [0.717, 1.165) is 11.2 Å². The minimum atomic E-state index is 0.444. The van der Waals surface area contributed by atoms with Gasteiger partial charge in [-0.05, 0) is 24.5 Å². The smallest absolute Gasteiger partial charge is 0.136 e. The molecule has 0 aliphatic rings. The van der Waals surface area contributed by atoms with Gasteiger partial charge in [-0.2, -0.15) is 5.10 Å². The summed E-state index contributed by atoms with van der Waals surface area (Å²) in [7, 11) is 0. The summed E-state index contributed by atoms with van der Waals surface area (Å²) in [6.45, 7) is 6.38. The Bertz CT molecular complexity index is 429. The number of fused-ring (bicyclic) bond motifs is 1. The van der Waals surface area contributed by atoms with Crippen LogP contribution in [0.5, 0.6) is 0 Å². The summed E-state index contributed by atoms with van der Waals surface area (Å²) < 4.78 is 1.89. The lowest BCUT2D eigenvalue weighted by molar-refractivity contribution is 0.785. The molecular formula is C10H13N3. The third kappa shape index (κ3) is 1.20. The van der Waals surface area contributed by atoms with Crippen molar-refractivity contribution in [1.82, 2.24) is 14.6 Å². The van der Waals surface area contributed by atoms with Gasteiger partial charge >= 0.3 is 0 Å². The third-order valence-corrected chi connectivity index (χ3v) is 2.23. The van der Waals surface area contributed by atoms with Crippen molar-refractivity contribution >= 4 is 5.52 Å². The molecule has 0 unspecified atom stereocenters. The van der Waals surface area contributed by atoms with E-state index in [1.807, 2.05) is 10.7 Å². The molecule has 0 saturated carbocycles. The molecule has 2 rings (SSSR count). The van der Waals surface area contributed by atoms with Gasteiger partial charge in [0.15, 0.2) is 0 Å². The van der Waals surface area contributed by atoms with E-state index < -0.39 is 0 Å². The molecule has 13 heavy (non-hydrogen) atoms. The van der Waals surface area contributed by atoms with Crippen LogP contribution in [0.1, 0.15) is 31.0 Å². The Labute approximate surface area is 77.4 Å². The summed E-state index contributed by atoms with van der Waals surface area (Å²) in [5.74, 6) is 0.444. The van der Waals surface area contributed by atoms with E-state index in [4.69, 9.17) is 0 Å². The fraction of sp³-hybridized carbons (Fsp3) is 0.400. The molecule has 2 heterocycles. The summed E-state index contributed by atoms with van der Waals surface area (Å²) in [6.07, 6.45) is 3.58. The molecule has 0 aromatic carbocycles. The van der Waals surface area contributed by atoms with Gasteiger partial charge in [0.05, 0.1) is 11.2 Å². The van der Waals surface area contributed by atoms with Crippen LogP contribution in [0.25, 0.3) is 5.52 Å². The highest BCUT2D eigenvalue weighted by atomic mass is 15.2. The molecule has 0 amide bonds. The number of hydrogen-bond acceptors (Lipinski definition) is 2. The SMILES string of the molecule is Cc1ccn2ncnc(C(C)C)c12. The van der Waals surface area contributed by atoms with Crippen molar-refractivity contribution < 1.29 is 0 Å². The minimum Gasteiger partial charge on any atom is -0.237 e. The van der Waals surface area contributed by atoms with Crippen LogP contribution in [0.15, 0.2) is 18.6 Å². The fourth-order valence-corrected chi connectivity index (χ4v) is 1.56. The summed E-state index contributed by atoms with van der Waals surface area (Å²) >= 11 is 0. The molecule has 0 radical (unpaired) electrons. The molecule has 0 N–H and O–H groups in total. The second-order valence-electron chi connectivity index (χ2n) is 3.59. The molecule has 0 spiro atoms. The monoisotopic (exact) mass is 175 g/mol. The van der Waals surface area contributed by atoms with Crippen LogP contribution in [-0.2, 0) is 0 Å². The van der Waals surface area contributed by atoms with E-state index in [1.165, 1.54) is 5.56 Å². The number of aromatic nitrogens is 3. The highest BCUT2D eigenvalue weighted by Gasteiger charge is 2.09. The Morgan fingerprint density at radius 3 is 2.85 bits per heavy atom. The third-order valence-electron chi connectivity index (χ3n) is 2.23. The molecule has 2 aromatic heterocycles. The fourth-order valence-electron chi connectivity index (χ4n) is 1.56. The van der Waals surface area contributed by atoms with Crippen molar-refractivity contribution in [2.45, 2.75) is 26.7 Å². The largest absolute Gasteiger partial charge is 0.237 e. The van der Waals surface area contributed by atoms with Gasteiger partial charge in [0.1, 0.15) is 6.33 Å². The Balaban J connectivity index is 2.80. The van der Waals surface area contributed by atoms with Gasteiger partial charge in [-0.1, -0.05) is 13.8 Å². The maximum atomic E-state index is 4.31. The molecule has 0 atom stereocenters. The van der Waals surface area contributed by atoms with Crippen LogP contribution < -0.4 is 0 Å².